The molecule has 1 aliphatic rings. The molecule has 2 nitrogen and oxygen atoms in total. The fraction of sp³-hybridized carbons (Fsp3) is 0.400. The molecule has 0 aromatic heterocycles. The molecule has 0 spiro atoms. The van der Waals surface area contributed by atoms with Crippen LogP contribution in [0.3, 0.4) is 0 Å². The van der Waals surface area contributed by atoms with E-state index in [4.69, 9.17) is 0 Å². The number of Topliss-reactive ketones (excluding diaryl/α,β-unsaturated/α-hetero) is 1. The number of ketones is 2. The summed E-state index contributed by atoms with van der Waals surface area (Å²) >= 11 is 0. The molecule has 1 aromatic rings. The summed E-state index contributed by atoms with van der Waals surface area (Å²) in [6.07, 6.45) is 15.5. The van der Waals surface area contributed by atoms with Crippen molar-refractivity contribution in [2.24, 2.45) is 11.8 Å². The normalized spacial score (nSPS) is 17.8. The van der Waals surface area contributed by atoms with Crippen molar-refractivity contribution in [2.45, 2.75) is 67.7 Å². The van der Waals surface area contributed by atoms with E-state index in [9.17, 15) is 9.59 Å². The maximum Gasteiger partial charge on any atom is 0.152 e. The minimum atomic E-state index is 0.0584. The molecule has 1 aromatic carbocycles. The number of carbonyl (C=O) groups is 2. The van der Waals surface area contributed by atoms with Crippen LogP contribution >= 0.6 is 0 Å². The Kier molecular flexibility index (Phi) is 15.4. The first-order chi connectivity index (χ1) is 15.1. The van der Waals surface area contributed by atoms with Crippen molar-refractivity contribution < 1.29 is 9.59 Å². The number of hydrogen-bond donors (Lipinski definition) is 0. The van der Waals surface area contributed by atoms with E-state index in [1.165, 1.54) is 45.6 Å². The molecule has 0 saturated carbocycles. The highest BCUT2D eigenvalue weighted by molar-refractivity contribution is 5.87. The molecule has 0 N–H and O–H groups in total. The van der Waals surface area contributed by atoms with Gasteiger partial charge in [0.25, 0.3) is 0 Å². The summed E-state index contributed by atoms with van der Waals surface area (Å²) in [5.74, 6) is 1.92. The van der Waals surface area contributed by atoms with Crippen LogP contribution in [0.25, 0.3) is 5.57 Å². The van der Waals surface area contributed by atoms with Crippen LogP contribution in [0.2, 0.25) is 0 Å². The van der Waals surface area contributed by atoms with Gasteiger partial charge >= 0.3 is 0 Å². The Bertz CT molecular complexity index is 805. The van der Waals surface area contributed by atoms with Crippen LogP contribution < -0.4 is 0 Å². The molecule has 0 fully saturated rings. The first-order valence-electron chi connectivity index (χ1n) is 11.6. The first kappa shape index (κ1) is 29.3. The Morgan fingerprint density at radius 3 is 1.91 bits per heavy atom. The Labute approximate surface area is 196 Å². The highest BCUT2D eigenvalue weighted by Crippen LogP contribution is 2.39. The average molecular weight is 435 g/mol. The molecule has 0 radical (unpaired) electrons. The Morgan fingerprint density at radius 1 is 0.938 bits per heavy atom. The van der Waals surface area contributed by atoms with Crippen molar-refractivity contribution in [3.63, 3.8) is 0 Å². The Hall–Kier alpha value is -2.74. The number of benzene rings is 1. The largest absolute Gasteiger partial charge is 0.300 e. The monoisotopic (exact) mass is 434 g/mol. The van der Waals surface area contributed by atoms with Gasteiger partial charge in [0, 0.05) is 0 Å². The maximum absolute atomic E-state index is 10.6. The van der Waals surface area contributed by atoms with Gasteiger partial charge in [-0.2, -0.15) is 0 Å². The molecule has 0 bridgehead atoms. The zero-order valence-corrected chi connectivity index (χ0v) is 21.2. The molecule has 2 unspecified atom stereocenters. The molecule has 2 atom stereocenters. The highest BCUT2D eigenvalue weighted by atomic mass is 16.1. The molecular formula is C30H42O2. The summed E-state index contributed by atoms with van der Waals surface area (Å²) in [4.78, 5) is 20.1. The van der Waals surface area contributed by atoms with Crippen LogP contribution in [-0.2, 0) is 9.59 Å². The van der Waals surface area contributed by atoms with Crippen molar-refractivity contribution in [1.29, 1.82) is 0 Å². The molecule has 0 aliphatic heterocycles. The molecule has 0 saturated heterocycles. The van der Waals surface area contributed by atoms with Crippen LogP contribution in [0.1, 0.15) is 73.3 Å². The predicted octanol–water partition coefficient (Wildman–Crippen LogP) is 8.33. The lowest BCUT2D eigenvalue weighted by Crippen LogP contribution is -2.04. The average Bonchev–Trinajstić information content (AvgIpc) is 3.18. The van der Waals surface area contributed by atoms with Gasteiger partial charge in [0.2, 0.25) is 0 Å². The van der Waals surface area contributed by atoms with Crippen LogP contribution in [0.4, 0.5) is 0 Å². The van der Waals surface area contributed by atoms with Gasteiger partial charge in [-0.3, -0.25) is 4.79 Å². The number of rotatable bonds is 7. The zero-order valence-electron chi connectivity index (χ0n) is 21.2. The van der Waals surface area contributed by atoms with Gasteiger partial charge in [-0.1, -0.05) is 93.1 Å². The van der Waals surface area contributed by atoms with E-state index in [1.54, 1.807) is 17.7 Å². The standard InChI is InChI=1S/C15H20.C12H16O.C3H6O/c1-3-12-10-15(11-13(12)4-2)14-8-6-5-7-9-14;1-5-12(8-6-10(2)3)9-7-11(4)13;1-3(2)4/h5-10,12-13H,3-4,11H2,1-2H3;5-9H,2H2,1,3-4H3;1-2H3/b;8-6-,9-7+,12-5+;. The summed E-state index contributed by atoms with van der Waals surface area (Å²) in [5.41, 5.74) is 5.00. The Balaban J connectivity index is 0.000000521. The summed E-state index contributed by atoms with van der Waals surface area (Å²) in [6, 6.07) is 10.8. The van der Waals surface area contributed by atoms with Crippen LogP contribution in [0.5, 0.6) is 0 Å². The summed E-state index contributed by atoms with van der Waals surface area (Å²) in [7, 11) is 0. The summed E-state index contributed by atoms with van der Waals surface area (Å²) < 4.78 is 0. The summed E-state index contributed by atoms with van der Waals surface area (Å²) in [5, 5.41) is 0. The van der Waals surface area contributed by atoms with Crippen LogP contribution in [0.15, 0.2) is 84.5 Å². The molecule has 2 heteroatoms. The van der Waals surface area contributed by atoms with Gasteiger partial charge in [-0.25, -0.2) is 0 Å². The highest BCUT2D eigenvalue weighted by Gasteiger charge is 2.24. The third kappa shape index (κ3) is 13.5. The Morgan fingerprint density at radius 2 is 1.50 bits per heavy atom. The molecule has 0 heterocycles. The van der Waals surface area contributed by atoms with Gasteiger partial charge in [-0.15, -0.1) is 0 Å². The predicted molar refractivity (Wildman–Crippen MR) is 140 cm³/mol. The fourth-order valence-electron chi connectivity index (χ4n) is 3.36. The quantitative estimate of drug-likeness (QED) is 0.319. The lowest BCUT2D eigenvalue weighted by atomic mass is 9.90. The second-order valence-corrected chi connectivity index (χ2v) is 8.32. The summed E-state index contributed by atoms with van der Waals surface area (Å²) in [6.45, 7) is 16.8. The van der Waals surface area contributed by atoms with Crippen molar-refractivity contribution in [1.82, 2.24) is 0 Å². The van der Waals surface area contributed by atoms with Crippen molar-refractivity contribution in [3.05, 3.63) is 90.1 Å². The van der Waals surface area contributed by atoms with Crippen LogP contribution in [-0.4, -0.2) is 11.6 Å². The molecule has 174 valence electrons. The van der Waals surface area contributed by atoms with Crippen molar-refractivity contribution >= 4 is 17.1 Å². The second-order valence-electron chi connectivity index (χ2n) is 8.32. The lowest BCUT2D eigenvalue weighted by Gasteiger charge is -2.14. The van der Waals surface area contributed by atoms with E-state index in [-0.39, 0.29) is 11.6 Å². The topological polar surface area (TPSA) is 34.1 Å². The van der Waals surface area contributed by atoms with Crippen molar-refractivity contribution in [2.75, 3.05) is 0 Å². The van der Waals surface area contributed by atoms with E-state index >= 15 is 0 Å². The molecule has 1 aliphatic carbocycles. The molecule has 32 heavy (non-hydrogen) atoms. The minimum Gasteiger partial charge on any atom is -0.300 e. The molecular weight excluding hydrogens is 392 g/mol. The molecule has 2 rings (SSSR count). The smallest absolute Gasteiger partial charge is 0.152 e. The van der Waals surface area contributed by atoms with Gasteiger partial charge in [0.15, 0.2) is 5.78 Å². The van der Waals surface area contributed by atoms with Gasteiger partial charge < -0.3 is 4.79 Å². The van der Waals surface area contributed by atoms with E-state index in [0.717, 1.165) is 23.0 Å². The number of hydrogen-bond acceptors (Lipinski definition) is 2. The third-order valence-corrected chi connectivity index (χ3v) is 5.05. The van der Waals surface area contributed by atoms with Crippen molar-refractivity contribution in [3.8, 4) is 0 Å². The SMILES string of the molecule is C=C(C)\C=C/C(/C=C/C(C)=O)=C\C.CC(C)=O.CCC1C=C(c2ccccc2)CC1CC. The maximum atomic E-state index is 10.6. The van der Waals surface area contributed by atoms with E-state index < -0.39 is 0 Å². The van der Waals surface area contributed by atoms with Gasteiger partial charge in [0.1, 0.15) is 5.78 Å². The third-order valence-electron chi connectivity index (χ3n) is 5.05. The first-order valence-corrected chi connectivity index (χ1v) is 11.6. The van der Waals surface area contributed by atoms with E-state index in [2.05, 4.69) is 56.8 Å². The van der Waals surface area contributed by atoms with E-state index in [0.29, 0.717) is 0 Å². The zero-order chi connectivity index (χ0) is 24.5. The van der Waals surface area contributed by atoms with Gasteiger partial charge in [-0.05, 0) is 82.1 Å². The number of carbonyl (C=O) groups excluding carboxylic acids is 2. The fourth-order valence-corrected chi connectivity index (χ4v) is 3.36. The lowest BCUT2D eigenvalue weighted by molar-refractivity contribution is -0.115. The number of allylic oxidation sites excluding steroid dienone is 9. The van der Waals surface area contributed by atoms with Crippen LogP contribution in [0, 0.1) is 11.8 Å². The second kappa shape index (κ2) is 16.9. The van der Waals surface area contributed by atoms with Gasteiger partial charge in [0.05, 0.1) is 0 Å². The molecule has 0 amide bonds. The van der Waals surface area contributed by atoms with E-state index in [1.807, 2.05) is 32.1 Å². The minimum absolute atomic E-state index is 0.0584.